The molecule has 19 heavy (non-hydrogen) atoms. The Hall–Kier alpha value is -1.06. The summed E-state index contributed by atoms with van der Waals surface area (Å²) in [6, 6.07) is 7.88. The van der Waals surface area contributed by atoms with Crippen molar-refractivity contribution in [3.05, 3.63) is 29.8 Å². The summed E-state index contributed by atoms with van der Waals surface area (Å²) in [5.41, 5.74) is 0.965. The molecule has 2 rings (SSSR count). The van der Waals surface area contributed by atoms with Crippen molar-refractivity contribution < 1.29 is 9.84 Å². The summed E-state index contributed by atoms with van der Waals surface area (Å²) in [5, 5.41) is 10.5. The fourth-order valence-electron chi connectivity index (χ4n) is 2.72. The van der Waals surface area contributed by atoms with E-state index in [1.165, 1.54) is 12.8 Å². The second-order valence-corrected chi connectivity index (χ2v) is 5.68. The van der Waals surface area contributed by atoms with E-state index >= 15 is 0 Å². The number of aliphatic hydroxyl groups excluding tert-OH is 1. The molecule has 0 aromatic heterocycles. The Labute approximate surface area is 116 Å². The number of rotatable bonds is 4. The van der Waals surface area contributed by atoms with Gasteiger partial charge in [0.25, 0.3) is 0 Å². The second-order valence-electron chi connectivity index (χ2n) is 5.68. The summed E-state index contributed by atoms with van der Waals surface area (Å²) in [7, 11) is 1.66. The zero-order chi connectivity index (χ0) is 13.8. The van der Waals surface area contributed by atoms with Gasteiger partial charge in [-0.15, -0.1) is 0 Å². The minimum atomic E-state index is -0.431. The fraction of sp³-hybridized carbons (Fsp3) is 0.625. The summed E-state index contributed by atoms with van der Waals surface area (Å²) < 4.78 is 5.15. The molecular weight excluding hydrogens is 238 g/mol. The highest BCUT2D eigenvalue weighted by molar-refractivity contribution is 5.29. The number of hydrogen-bond donors (Lipinski definition) is 1. The van der Waals surface area contributed by atoms with Crippen molar-refractivity contribution in [3.63, 3.8) is 0 Å². The van der Waals surface area contributed by atoms with Gasteiger partial charge >= 0.3 is 0 Å². The lowest BCUT2D eigenvalue weighted by atomic mass is 9.95. The lowest BCUT2D eigenvalue weighted by Gasteiger charge is -2.37. The first-order valence-corrected chi connectivity index (χ1v) is 7.18. The number of methoxy groups -OCH3 is 1. The number of aliphatic hydroxyl groups is 1. The number of hydrogen-bond acceptors (Lipinski definition) is 3. The van der Waals surface area contributed by atoms with E-state index in [1.807, 2.05) is 24.3 Å². The predicted octanol–water partition coefficient (Wildman–Crippen LogP) is 2.85. The molecule has 1 fully saturated rings. The first kappa shape index (κ1) is 14.4. The third-order valence-corrected chi connectivity index (χ3v) is 4.31. The molecule has 1 N–H and O–H groups in total. The van der Waals surface area contributed by atoms with E-state index in [1.54, 1.807) is 7.11 Å². The van der Waals surface area contributed by atoms with E-state index in [-0.39, 0.29) is 6.04 Å². The van der Waals surface area contributed by atoms with Crippen molar-refractivity contribution in [3.8, 4) is 5.75 Å². The SMILES string of the molecule is COc1ccc(C(O)C(C)N2CCC(C)CC2)cc1. The van der Waals surface area contributed by atoms with Crippen LogP contribution in [0.1, 0.15) is 38.4 Å². The molecule has 0 bridgehead atoms. The first-order chi connectivity index (χ1) is 9.11. The standard InChI is InChI=1S/C16H25NO2/c1-12-8-10-17(11-9-12)13(2)16(18)14-4-6-15(19-3)7-5-14/h4-7,12-13,16,18H,8-11H2,1-3H3. The van der Waals surface area contributed by atoms with Crippen molar-refractivity contribution in [2.24, 2.45) is 5.92 Å². The first-order valence-electron chi connectivity index (χ1n) is 7.18. The van der Waals surface area contributed by atoms with Crippen LogP contribution in [-0.2, 0) is 0 Å². The number of nitrogens with zero attached hydrogens (tertiary/aromatic N) is 1. The smallest absolute Gasteiger partial charge is 0.118 e. The maximum Gasteiger partial charge on any atom is 0.118 e. The van der Waals surface area contributed by atoms with E-state index < -0.39 is 6.10 Å². The Bertz CT molecular complexity index is 382. The van der Waals surface area contributed by atoms with Gasteiger partial charge in [0.1, 0.15) is 5.75 Å². The largest absolute Gasteiger partial charge is 0.497 e. The van der Waals surface area contributed by atoms with Crippen LogP contribution in [0.2, 0.25) is 0 Å². The molecule has 1 aromatic rings. The summed E-state index contributed by atoms with van der Waals surface area (Å²) in [6.07, 6.45) is 2.04. The highest BCUT2D eigenvalue weighted by Gasteiger charge is 2.26. The molecule has 0 spiro atoms. The molecule has 0 amide bonds. The molecule has 3 heteroatoms. The van der Waals surface area contributed by atoms with Gasteiger partial charge in [0.2, 0.25) is 0 Å². The Morgan fingerprint density at radius 1 is 1.21 bits per heavy atom. The molecule has 1 aliphatic heterocycles. The van der Waals surface area contributed by atoms with Crippen LogP contribution in [0, 0.1) is 5.92 Å². The average molecular weight is 263 g/mol. The third kappa shape index (κ3) is 3.48. The van der Waals surface area contributed by atoms with E-state index in [4.69, 9.17) is 4.74 Å². The monoisotopic (exact) mass is 263 g/mol. The lowest BCUT2D eigenvalue weighted by Crippen LogP contribution is -2.42. The maximum atomic E-state index is 10.5. The Morgan fingerprint density at radius 2 is 1.79 bits per heavy atom. The van der Waals surface area contributed by atoms with E-state index in [9.17, 15) is 5.11 Å². The summed E-state index contributed by atoms with van der Waals surface area (Å²) in [4.78, 5) is 2.40. The molecule has 3 nitrogen and oxygen atoms in total. The van der Waals surface area contributed by atoms with Gasteiger partial charge in [-0.05, 0) is 56.5 Å². The molecule has 2 atom stereocenters. The van der Waals surface area contributed by atoms with Gasteiger partial charge in [0.05, 0.1) is 13.2 Å². The highest BCUT2D eigenvalue weighted by atomic mass is 16.5. The molecule has 0 saturated carbocycles. The Balaban J connectivity index is 1.99. The zero-order valence-electron chi connectivity index (χ0n) is 12.2. The molecular formula is C16H25NO2. The van der Waals surface area contributed by atoms with Gasteiger partial charge in [-0.1, -0.05) is 19.1 Å². The second kappa shape index (κ2) is 6.40. The van der Waals surface area contributed by atoms with Gasteiger partial charge < -0.3 is 9.84 Å². The maximum absolute atomic E-state index is 10.5. The van der Waals surface area contributed by atoms with Crippen LogP contribution >= 0.6 is 0 Å². The normalized spacial score (nSPS) is 21.1. The van der Waals surface area contributed by atoms with Gasteiger partial charge in [-0.25, -0.2) is 0 Å². The molecule has 106 valence electrons. The molecule has 0 aliphatic carbocycles. The van der Waals surface area contributed by atoms with Crippen LogP contribution in [0.3, 0.4) is 0 Å². The van der Waals surface area contributed by atoms with Crippen LogP contribution in [-0.4, -0.2) is 36.2 Å². The quantitative estimate of drug-likeness (QED) is 0.906. The van der Waals surface area contributed by atoms with Gasteiger partial charge in [-0.2, -0.15) is 0 Å². The Morgan fingerprint density at radius 3 is 2.32 bits per heavy atom. The predicted molar refractivity (Wildman–Crippen MR) is 77.4 cm³/mol. The Kier molecular flexibility index (Phi) is 4.83. The van der Waals surface area contributed by atoms with Crippen molar-refractivity contribution in [2.75, 3.05) is 20.2 Å². The fourth-order valence-corrected chi connectivity index (χ4v) is 2.72. The number of piperidine rings is 1. The zero-order valence-corrected chi connectivity index (χ0v) is 12.2. The van der Waals surface area contributed by atoms with Crippen LogP contribution in [0.4, 0.5) is 0 Å². The van der Waals surface area contributed by atoms with Crippen LogP contribution < -0.4 is 4.74 Å². The molecule has 2 unspecified atom stereocenters. The summed E-state index contributed by atoms with van der Waals surface area (Å²) in [6.45, 7) is 6.61. The molecule has 1 aromatic carbocycles. The van der Waals surface area contributed by atoms with Crippen molar-refractivity contribution in [1.82, 2.24) is 4.90 Å². The van der Waals surface area contributed by atoms with Crippen LogP contribution in [0.5, 0.6) is 5.75 Å². The summed E-state index contributed by atoms with van der Waals surface area (Å²) in [5.74, 6) is 1.65. The topological polar surface area (TPSA) is 32.7 Å². The molecule has 1 saturated heterocycles. The van der Waals surface area contributed by atoms with Crippen molar-refractivity contribution in [2.45, 2.75) is 38.8 Å². The molecule has 1 aliphatic rings. The number of ether oxygens (including phenoxy) is 1. The highest BCUT2D eigenvalue weighted by Crippen LogP contribution is 2.26. The van der Waals surface area contributed by atoms with Gasteiger partial charge in [-0.3, -0.25) is 4.90 Å². The minimum Gasteiger partial charge on any atom is -0.497 e. The van der Waals surface area contributed by atoms with Crippen molar-refractivity contribution in [1.29, 1.82) is 0 Å². The van der Waals surface area contributed by atoms with Crippen LogP contribution in [0.15, 0.2) is 24.3 Å². The van der Waals surface area contributed by atoms with E-state index in [0.717, 1.165) is 30.3 Å². The average Bonchev–Trinajstić information content (AvgIpc) is 2.46. The van der Waals surface area contributed by atoms with Gasteiger partial charge in [0.15, 0.2) is 0 Å². The van der Waals surface area contributed by atoms with Gasteiger partial charge in [0, 0.05) is 6.04 Å². The number of likely N-dealkylation sites (tertiary alicyclic amines) is 1. The number of benzene rings is 1. The summed E-state index contributed by atoms with van der Waals surface area (Å²) >= 11 is 0. The van der Waals surface area contributed by atoms with E-state index in [2.05, 4.69) is 18.7 Å². The van der Waals surface area contributed by atoms with Crippen LogP contribution in [0.25, 0.3) is 0 Å². The molecule has 0 radical (unpaired) electrons. The molecule has 1 heterocycles. The van der Waals surface area contributed by atoms with Crippen molar-refractivity contribution >= 4 is 0 Å². The van der Waals surface area contributed by atoms with E-state index in [0.29, 0.717) is 0 Å². The third-order valence-electron chi connectivity index (χ3n) is 4.31. The lowest BCUT2D eigenvalue weighted by molar-refractivity contribution is 0.0390. The minimum absolute atomic E-state index is 0.167.